The smallest absolute Gasteiger partial charge is 0.310 e. The van der Waals surface area contributed by atoms with Crippen molar-refractivity contribution in [2.75, 3.05) is 0 Å². The van der Waals surface area contributed by atoms with Crippen LogP contribution in [0.4, 0.5) is 5.69 Å². The summed E-state index contributed by atoms with van der Waals surface area (Å²) in [6, 6.07) is 5.88. The third kappa shape index (κ3) is 8.66. The van der Waals surface area contributed by atoms with Gasteiger partial charge in [-0.25, -0.2) is 0 Å². The quantitative estimate of drug-likeness (QED) is 0.251. The fourth-order valence-corrected chi connectivity index (χ4v) is 3.10. The van der Waals surface area contributed by atoms with Crippen LogP contribution >= 0.6 is 0 Å². The number of carboxylic acids is 1. The van der Waals surface area contributed by atoms with E-state index in [1.165, 1.54) is 57.1 Å². The zero-order chi connectivity index (χ0) is 18.5. The molecule has 1 atom stereocenters. The van der Waals surface area contributed by atoms with E-state index in [1.54, 1.807) is 12.1 Å². The van der Waals surface area contributed by atoms with E-state index in [1.807, 2.05) is 0 Å². The lowest BCUT2D eigenvalue weighted by Crippen LogP contribution is -2.11. The molecule has 0 bridgehead atoms. The molecule has 5 nitrogen and oxygen atoms in total. The number of nitro benzene ring substituents is 1. The molecule has 140 valence electrons. The summed E-state index contributed by atoms with van der Waals surface area (Å²) in [5.41, 5.74) is 0.640. The molecule has 0 aromatic heterocycles. The molecule has 0 aliphatic carbocycles. The molecule has 1 aromatic carbocycles. The molecule has 1 unspecified atom stereocenters. The Bertz CT molecular complexity index is 513. The van der Waals surface area contributed by atoms with Crippen LogP contribution in [0.5, 0.6) is 0 Å². The Morgan fingerprint density at radius 3 is 1.88 bits per heavy atom. The molecule has 0 radical (unpaired) electrons. The van der Waals surface area contributed by atoms with Crippen LogP contribution in [0.2, 0.25) is 0 Å². The van der Waals surface area contributed by atoms with Gasteiger partial charge in [0.2, 0.25) is 0 Å². The van der Waals surface area contributed by atoms with Crippen molar-refractivity contribution in [3.63, 3.8) is 0 Å². The van der Waals surface area contributed by atoms with Crippen molar-refractivity contribution in [2.45, 2.75) is 83.5 Å². The topological polar surface area (TPSA) is 80.4 Å². The van der Waals surface area contributed by atoms with Crippen molar-refractivity contribution in [2.24, 2.45) is 0 Å². The van der Waals surface area contributed by atoms with Gasteiger partial charge in [-0.15, -0.1) is 0 Å². The first kappa shape index (κ1) is 21.1. The Morgan fingerprint density at radius 2 is 1.44 bits per heavy atom. The van der Waals surface area contributed by atoms with E-state index in [2.05, 4.69) is 6.92 Å². The maximum Gasteiger partial charge on any atom is 0.310 e. The number of hydrogen-bond acceptors (Lipinski definition) is 3. The predicted molar refractivity (Wildman–Crippen MR) is 99.9 cm³/mol. The van der Waals surface area contributed by atoms with Gasteiger partial charge in [-0.2, -0.15) is 0 Å². The molecule has 0 spiro atoms. The first-order valence-corrected chi connectivity index (χ1v) is 9.53. The van der Waals surface area contributed by atoms with Crippen LogP contribution < -0.4 is 0 Å². The Hall–Kier alpha value is -1.91. The fourth-order valence-electron chi connectivity index (χ4n) is 3.10. The zero-order valence-electron chi connectivity index (χ0n) is 15.3. The van der Waals surface area contributed by atoms with Crippen molar-refractivity contribution in [1.29, 1.82) is 0 Å². The molecule has 0 fully saturated rings. The van der Waals surface area contributed by atoms with E-state index in [9.17, 15) is 20.0 Å². The van der Waals surface area contributed by atoms with Gasteiger partial charge in [-0.1, -0.05) is 83.3 Å². The number of nitrogens with zero attached hydrogens (tertiary/aromatic N) is 1. The summed E-state index contributed by atoms with van der Waals surface area (Å²) in [4.78, 5) is 21.7. The molecule has 0 heterocycles. The largest absolute Gasteiger partial charge is 0.481 e. The second kappa shape index (κ2) is 12.5. The average molecular weight is 349 g/mol. The molecule has 25 heavy (non-hydrogen) atoms. The second-order valence-electron chi connectivity index (χ2n) is 6.71. The first-order valence-electron chi connectivity index (χ1n) is 9.53. The minimum absolute atomic E-state index is 0.00757. The maximum atomic E-state index is 11.5. The van der Waals surface area contributed by atoms with Crippen LogP contribution in [0.1, 0.15) is 89.0 Å². The molecule has 1 aromatic rings. The van der Waals surface area contributed by atoms with E-state index in [-0.39, 0.29) is 5.69 Å². The standard InChI is InChI=1S/C20H31NO4/c1-2-3-4-5-6-7-8-9-10-11-12-19(20(22)23)17-13-15-18(16-14-17)21(24)25/h13-16,19H,2-12H2,1H3,(H,22,23). The van der Waals surface area contributed by atoms with Gasteiger partial charge in [0.15, 0.2) is 0 Å². The molecule has 0 saturated heterocycles. The van der Waals surface area contributed by atoms with E-state index in [4.69, 9.17) is 0 Å². The summed E-state index contributed by atoms with van der Waals surface area (Å²) in [6.45, 7) is 2.22. The first-order chi connectivity index (χ1) is 12.1. The summed E-state index contributed by atoms with van der Waals surface area (Å²) < 4.78 is 0. The fraction of sp³-hybridized carbons (Fsp3) is 0.650. The number of non-ortho nitro benzene ring substituents is 1. The number of unbranched alkanes of at least 4 members (excludes halogenated alkanes) is 9. The molecule has 5 heteroatoms. The summed E-state index contributed by atoms with van der Waals surface area (Å²) in [7, 11) is 0. The van der Waals surface area contributed by atoms with Crippen molar-refractivity contribution in [3.8, 4) is 0 Å². The minimum Gasteiger partial charge on any atom is -0.481 e. The van der Waals surface area contributed by atoms with Crippen molar-refractivity contribution >= 4 is 11.7 Å². The Morgan fingerprint density at radius 1 is 0.960 bits per heavy atom. The number of benzene rings is 1. The summed E-state index contributed by atoms with van der Waals surface area (Å²) in [6.07, 6.45) is 12.7. The summed E-state index contributed by atoms with van der Waals surface area (Å²) in [5, 5.41) is 20.1. The van der Waals surface area contributed by atoms with E-state index < -0.39 is 16.8 Å². The van der Waals surface area contributed by atoms with Gasteiger partial charge in [0.25, 0.3) is 5.69 Å². The molecule has 1 rings (SSSR count). The number of aliphatic carboxylic acids is 1. The van der Waals surface area contributed by atoms with Gasteiger partial charge in [0, 0.05) is 12.1 Å². The molecule has 0 aliphatic heterocycles. The van der Waals surface area contributed by atoms with Crippen LogP contribution in [0.3, 0.4) is 0 Å². The third-order valence-electron chi connectivity index (χ3n) is 4.65. The van der Waals surface area contributed by atoms with E-state index in [0.29, 0.717) is 12.0 Å². The molecule has 1 N–H and O–H groups in total. The second-order valence-corrected chi connectivity index (χ2v) is 6.71. The van der Waals surface area contributed by atoms with Crippen LogP contribution in [-0.4, -0.2) is 16.0 Å². The van der Waals surface area contributed by atoms with Crippen LogP contribution in [0, 0.1) is 10.1 Å². The van der Waals surface area contributed by atoms with Crippen molar-refractivity contribution in [3.05, 3.63) is 39.9 Å². The SMILES string of the molecule is CCCCCCCCCCCCC(C(=O)O)c1ccc([N+](=O)[O-])cc1. The molecule has 0 amide bonds. The van der Waals surface area contributed by atoms with Gasteiger partial charge in [0.1, 0.15) is 0 Å². The van der Waals surface area contributed by atoms with Gasteiger partial charge in [0.05, 0.1) is 10.8 Å². The highest BCUT2D eigenvalue weighted by atomic mass is 16.6. The number of rotatable bonds is 14. The summed E-state index contributed by atoms with van der Waals surface area (Å²) >= 11 is 0. The Kier molecular flexibility index (Phi) is 10.5. The number of carboxylic acid groups (broad SMARTS) is 1. The van der Waals surface area contributed by atoms with E-state index in [0.717, 1.165) is 19.3 Å². The monoisotopic (exact) mass is 349 g/mol. The lowest BCUT2D eigenvalue weighted by Gasteiger charge is -2.12. The lowest BCUT2D eigenvalue weighted by molar-refractivity contribution is -0.384. The highest BCUT2D eigenvalue weighted by Crippen LogP contribution is 2.25. The Balaban J connectivity index is 2.25. The molecular weight excluding hydrogens is 318 g/mol. The van der Waals surface area contributed by atoms with Gasteiger partial charge in [-0.3, -0.25) is 14.9 Å². The third-order valence-corrected chi connectivity index (χ3v) is 4.65. The zero-order valence-corrected chi connectivity index (χ0v) is 15.3. The summed E-state index contributed by atoms with van der Waals surface area (Å²) in [5.74, 6) is -1.43. The van der Waals surface area contributed by atoms with E-state index >= 15 is 0 Å². The maximum absolute atomic E-state index is 11.5. The van der Waals surface area contributed by atoms with Crippen LogP contribution in [0.15, 0.2) is 24.3 Å². The van der Waals surface area contributed by atoms with Crippen molar-refractivity contribution in [1.82, 2.24) is 0 Å². The van der Waals surface area contributed by atoms with Crippen LogP contribution in [0.25, 0.3) is 0 Å². The van der Waals surface area contributed by atoms with Crippen molar-refractivity contribution < 1.29 is 14.8 Å². The van der Waals surface area contributed by atoms with Gasteiger partial charge < -0.3 is 5.11 Å². The highest BCUT2D eigenvalue weighted by Gasteiger charge is 2.20. The number of nitro groups is 1. The Labute approximate surface area is 150 Å². The van der Waals surface area contributed by atoms with Crippen LogP contribution in [-0.2, 0) is 4.79 Å². The predicted octanol–water partition coefficient (Wildman–Crippen LogP) is 6.07. The normalized spacial score (nSPS) is 12.0. The number of carbonyl (C=O) groups is 1. The lowest BCUT2D eigenvalue weighted by atomic mass is 9.93. The minimum atomic E-state index is -0.857. The molecule has 0 saturated carbocycles. The van der Waals surface area contributed by atoms with Gasteiger partial charge >= 0.3 is 5.97 Å². The average Bonchev–Trinajstić information content (AvgIpc) is 2.59. The highest BCUT2D eigenvalue weighted by molar-refractivity contribution is 5.76. The molecule has 0 aliphatic rings. The molecular formula is C20H31NO4. The van der Waals surface area contributed by atoms with Gasteiger partial charge in [-0.05, 0) is 12.0 Å². The number of hydrogen-bond donors (Lipinski definition) is 1.